The van der Waals surface area contributed by atoms with Crippen molar-refractivity contribution < 1.29 is 14.4 Å². The van der Waals surface area contributed by atoms with Crippen LogP contribution in [-0.4, -0.2) is 53.7 Å². The molecule has 6 nitrogen and oxygen atoms in total. The monoisotopic (exact) mass is 307 g/mol. The summed E-state index contributed by atoms with van der Waals surface area (Å²) in [4.78, 5) is 40.0. The highest BCUT2D eigenvalue weighted by atomic mass is 16.2. The van der Waals surface area contributed by atoms with Crippen LogP contribution in [0.5, 0.6) is 0 Å². The van der Waals surface area contributed by atoms with Crippen molar-refractivity contribution in [2.45, 2.75) is 40.0 Å². The highest BCUT2D eigenvalue weighted by molar-refractivity contribution is 5.95. The van der Waals surface area contributed by atoms with Crippen molar-refractivity contribution in [3.63, 3.8) is 0 Å². The van der Waals surface area contributed by atoms with E-state index in [-0.39, 0.29) is 34.0 Å². The van der Waals surface area contributed by atoms with Crippen LogP contribution < -0.4 is 5.73 Å². The average Bonchev–Trinajstić information content (AvgIpc) is 2.33. The summed E-state index contributed by atoms with van der Waals surface area (Å²) < 4.78 is 0. The molecule has 0 atom stereocenters. The highest BCUT2D eigenvalue weighted by Gasteiger charge is 2.74. The molecule has 3 saturated carbocycles. The van der Waals surface area contributed by atoms with Crippen molar-refractivity contribution in [1.82, 2.24) is 9.80 Å². The first kappa shape index (κ1) is 15.3. The molecule has 0 spiro atoms. The van der Waals surface area contributed by atoms with Gasteiger partial charge >= 0.3 is 0 Å². The van der Waals surface area contributed by atoms with E-state index in [9.17, 15) is 14.4 Å². The number of carbonyl (C=O) groups excluding carboxylic acids is 3. The first-order valence-corrected chi connectivity index (χ1v) is 7.98. The van der Waals surface area contributed by atoms with E-state index in [1.807, 2.05) is 30.6 Å². The predicted octanol–water partition coefficient (Wildman–Crippen LogP) is 0.359. The molecule has 0 aromatic carbocycles. The molecule has 22 heavy (non-hydrogen) atoms. The van der Waals surface area contributed by atoms with E-state index in [4.69, 9.17) is 5.73 Å². The van der Waals surface area contributed by atoms with Gasteiger partial charge in [-0.15, -0.1) is 0 Å². The van der Waals surface area contributed by atoms with E-state index < -0.39 is 0 Å². The summed E-state index contributed by atoms with van der Waals surface area (Å²) >= 11 is 0. The Balaban J connectivity index is 1.54. The largest absolute Gasteiger partial charge is 0.369 e. The summed E-state index contributed by atoms with van der Waals surface area (Å²) in [5, 5.41) is 0. The van der Waals surface area contributed by atoms with Crippen LogP contribution in [0, 0.1) is 16.2 Å². The lowest BCUT2D eigenvalue weighted by Gasteiger charge is -2.68. The summed E-state index contributed by atoms with van der Waals surface area (Å²) in [7, 11) is 0. The van der Waals surface area contributed by atoms with E-state index in [0.29, 0.717) is 45.4 Å². The minimum atomic E-state index is -0.389. The summed E-state index contributed by atoms with van der Waals surface area (Å²) in [5.41, 5.74) is 4.29. The number of carbonyl (C=O) groups is 3. The quantitative estimate of drug-likeness (QED) is 0.799. The summed E-state index contributed by atoms with van der Waals surface area (Å²) in [6.45, 7) is 8.11. The molecular weight excluding hydrogens is 282 g/mol. The van der Waals surface area contributed by atoms with Gasteiger partial charge in [0.05, 0.1) is 10.8 Å². The molecule has 2 N–H and O–H groups in total. The number of amides is 3. The SMILES string of the molecule is CC(C)(C)C(=O)N1CCN(C(=O)C23CC(C(N)=O)(C2)C3)CC1. The standard InChI is InChI=1S/C16H25N3O3/c1-14(2,3)12(21)18-4-6-19(7-5-18)13(22)16-8-15(9-16,10-16)11(17)20/h4-10H2,1-3H3,(H2,17,20). The van der Waals surface area contributed by atoms with Crippen LogP contribution >= 0.6 is 0 Å². The minimum Gasteiger partial charge on any atom is -0.369 e. The molecule has 4 rings (SSSR count). The zero-order chi connectivity index (χ0) is 16.3. The van der Waals surface area contributed by atoms with Gasteiger partial charge in [-0.05, 0) is 19.3 Å². The van der Waals surface area contributed by atoms with Crippen LogP contribution in [0.15, 0.2) is 0 Å². The second-order valence-corrected chi connectivity index (χ2v) is 8.29. The van der Waals surface area contributed by atoms with Crippen LogP contribution in [0.1, 0.15) is 40.0 Å². The maximum absolute atomic E-state index is 12.6. The molecule has 1 aliphatic heterocycles. The van der Waals surface area contributed by atoms with Crippen molar-refractivity contribution in [1.29, 1.82) is 0 Å². The molecule has 6 heteroatoms. The van der Waals surface area contributed by atoms with E-state index in [0.717, 1.165) is 0 Å². The van der Waals surface area contributed by atoms with Crippen LogP contribution in [0.3, 0.4) is 0 Å². The zero-order valence-corrected chi connectivity index (χ0v) is 13.6. The number of piperazine rings is 1. The number of primary amides is 1. The fraction of sp³-hybridized carbons (Fsp3) is 0.812. The fourth-order valence-corrected chi connectivity index (χ4v) is 4.20. The molecule has 0 radical (unpaired) electrons. The van der Waals surface area contributed by atoms with E-state index in [2.05, 4.69) is 0 Å². The third-order valence-corrected chi connectivity index (χ3v) is 5.50. The second-order valence-electron chi connectivity index (χ2n) is 8.29. The third-order valence-electron chi connectivity index (χ3n) is 5.50. The molecule has 122 valence electrons. The van der Waals surface area contributed by atoms with Crippen molar-refractivity contribution in [3.8, 4) is 0 Å². The van der Waals surface area contributed by atoms with Crippen molar-refractivity contribution in [3.05, 3.63) is 0 Å². The van der Waals surface area contributed by atoms with Gasteiger partial charge in [-0.25, -0.2) is 0 Å². The Hall–Kier alpha value is -1.59. The van der Waals surface area contributed by atoms with E-state index in [1.165, 1.54) is 0 Å². The second kappa shape index (κ2) is 4.46. The molecule has 1 saturated heterocycles. The van der Waals surface area contributed by atoms with Gasteiger partial charge < -0.3 is 15.5 Å². The predicted molar refractivity (Wildman–Crippen MR) is 80.5 cm³/mol. The Morgan fingerprint density at radius 3 is 1.73 bits per heavy atom. The normalized spacial score (nSPS) is 33.8. The molecular formula is C16H25N3O3. The van der Waals surface area contributed by atoms with Gasteiger partial charge in [-0.3, -0.25) is 14.4 Å². The van der Waals surface area contributed by atoms with E-state index >= 15 is 0 Å². The highest BCUT2D eigenvalue weighted by Crippen LogP contribution is 2.73. The summed E-state index contributed by atoms with van der Waals surface area (Å²) in [5.74, 6) is 0.0269. The molecule has 4 aliphatic rings. The number of hydrogen-bond donors (Lipinski definition) is 1. The van der Waals surface area contributed by atoms with Crippen LogP contribution in [0.25, 0.3) is 0 Å². The maximum Gasteiger partial charge on any atom is 0.229 e. The first-order valence-electron chi connectivity index (χ1n) is 7.98. The lowest BCUT2D eigenvalue weighted by molar-refractivity contribution is -0.214. The van der Waals surface area contributed by atoms with Gasteiger partial charge in [-0.1, -0.05) is 20.8 Å². The third kappa shape index (κ3) is 2.03. The van der Waals surface area contributed by atoms with Gasteiger partial charge in [0.2, 0.25) is 17.7 Å². The minimum absolute atomic E-state index is 0.137. The maximum atomic E-state index is 12.6. The molecule has 2 bridgehead atoms. The van der Waals surface area contributed by atoms with E-state index in [1.54, 1.807) is 0 Å². The number of hydrogen-bond acceptors (Lipinski definition) is 3. The van der Waals surface area contributed by atoms with Crippen molar-refractivity contribution in [2.75, 3.05) is 26.2 Å². The average molecular weight is 307 g/mol. The Labute approximate surface area is 131 Å². The number of rotatable bonds is 2. The van der Waals surface area contributed by atoms with Crippen LogP contribution in [0.4, 0.5) is 0 Å². The lowest BCUT2D eigenvalue weighted by Crippen LogP contribution is -2.72. The van der Waals surface area contributed by atoms with Crippen LogP contribution in [-0.2, 0) is 14.4 Å². The topological polar surface area (TPSA) is 83.7 Å². The Kier molecular flexibility index (Phi) is 3.10. The smallest absolute Gasteiger partial charge is 0.229 e. The summed E-state index contributed by atoms with van der Waals surface area (Å²) in [6.07, 6.45) is 1.86. The molecule has 1 heterocycles. The van der Waals surface area contributed by atoms with Gasteiger partial charge in [-0.2, -0.15) is 0 Å². The van der Waals surface area contributed by atoms with Gasteiger partial charge in [0, 0.05) is 31.6 Å². The molecule has 0 aromatic heterocycles. The molecule has 0 unspecified atom stereocenters. The number of nitrogens with zero attached hydrogens (tertiary/aromatic N) is 2. The summed E-state index contributed by atoms with van der Waals surface area (Å²) in [6, 6.07) is 0. The Morgan fingerprint density at radius 1 is 0.864 bits per heavy atom. The molecule has 4 fully saturated rings. The van der Waals surface area contributed by atoms with Gasteiger partial charge in [0.1, 0.15) is 0 Å². The van der Waals surface area contributed by atoms with Crippen molar-refractivity contribution >= 4 is 17.7 Å². The zero-order valence-electron chi connectivity index (χ0n) is 13.6. The van der Waals surface area contributed by atoms with Gasteiger partial charge in [0.15, 0.2) is 0 Å². The first-order chi connectivity index (χ1) is 10.1. The molecule has 0 aromatic rings. The molecule has 3 aliphatic carbocycles. The number of nitrogens with two attached hydrogens (primary N) is 1. The van der Waals surface area contributed by atoms with Crippen LogP contribution in [0.2, 0.25) is 0 Å². The lowest BCUT2D eigenvalue weighted by atomic mass is 9.34. The fourth-order valence-electron chi connectivity index (χ4n) is 4.20. The molecule has 3 amide bonds. The van der Waals surface area contributed by atoms with Crippen molar-refractivity contribution in [2.24, 2.45) is 22.0 Å². The Morgan fingerprint density at radius 2 is 1.32 bits per heavy atom. The Bertz CT molecular complexity index is 522. The van der Waals surface area contributed by atoms with Gasteiger partial charge in [0.25, 0.3) is 0 Å².